The Balaban J connectivity index is 0.00000256. The van der Waals surface area contributed by atoms with Crippen molar-refractivity contribution in [1.82, 2.24) is 34.9 Å². The van der Waals surface area contributed by atoms with E-state index in [9.17, 15) is 0 Å². The second-order valence-corrected chi connectivity index (χ2v) is 7.50. The van der Waals surface area contributed by atoms with Crippen LogP contribution in [-0.2, 0) is 26.1 Å². The number of guanidine groups is 1. The lowest BCUT2D eigenvalue weighted by molar-refractivity contribution is 0.593. The van der Waals surface area contributed by atoms with Gasteiger partial charge in [0.05, 0.1) is 17.6 Å². The minimum Gasteiger partial charge on any atom is -0.356 e. The molecule has 0 radical (unpaired) electrons. The van der Waals surface area contributed by atoms with Gasteiger partial charge in [0, 0.05) is 33.1 Å². The molecule has 3 aromatic rings. The third-order valence-corrected chi connectivity index (χ3v) is 5.52. The molecule has 162 valence electrons. The van der Waals surface area contributed by atoms with Crippen LogP contribution in [-0.4, -0.2) is 43.9 Å². The molecule has 2 aromatic heterocycles. The summed E-state index contributed by atoms with van der Waals surface area (Å²) >= 11 is 0. The summed E-state index contributed by atoms with van der Waals surface area (Å²) in [7, 11) is 1.80. The Morgan fingerprint density at radius 2 is 2.00 bits per heavy atom. The maximum atomic E-state index is 4.63. The van der Waals surface area contributed by atoms with E-state index in [-0.39, 0.29) is 24.0 Å². The molecule has 2 N–H and O–H groups in total. The lowest BCUT2D eigenvalue weighted by Crippen LogP contribution is -2.38. The molecule has 0 aliphatic carbocycles. The van der Waals surface area contributed by atoms with Gasteiger partial charge in [-0.05, 0) is 38.3 Å². The maximum Gasteiger partial charge on any atom is 0.191 e. The molecule has 0 fully saturated rings. The molecular weight excluding hydrogens is 491 g/mol. The molecule has 9 heteroatoms. The van der Waals surface area contributed by atoms with Crippen molar-refractivity contribution in [2.45, 2.75) is 58.7 Å². The summed E-state index contributed by atoms with van der Waals surface area (Å²) in [5, 5.41) is 15.5. The molecule has 3 heterocycles. The quantitative estimate of drug-likeness (QED) is 0.225. The molecule has 0 spiro atoms. The van der Waals surface area contributed by atoms with Gasteiger partial charge in [0.15, 0.2) is 11.8 Å². The Morgan fingerprint density at radius 3 is 2.87 bits per heavy atom. The summed E-state index contributed by atoms with van der Waals surface area (Å²) in [6, 6.07) is 8.29. The van der Waals surface area contributed by atoms with Gasteiger partial charge in [-0.3, -0.25) is 4.99 Å². The van der Waals surface area contributed by atoms with Crippen molar-refractivity contribution in [3.8, 4) is 0 Å². The fourth-order valence-corrected chi connectivity index (χ4v) is 3.98. The van der Waals surface area contributed by atoms with Crippen molar-refractivity contribution in [2.24, 2.45) is 4.99 Å². The van der Waals surface area contributed by atoms with E-state index in [4.69, 9.17) is 0 Å². The number of nitrogens with zero attached hydrogens (tertiary/aromatic N) is 6. The van der Waals surface area contributed by atoms with Crippen LogP contribution in [0.2, 0.25) is 0 Å². The van der Waals surface area contributed by atoms with Crippen molar-refractivity contribution in [1.29, 1.82) is 0 Å². The number of halogens is 1. The number of benzene rings is 1. The van der Waals surface area contributed by atoms with E-state index in [1.165, 1.54) is 24.8 Å². The second-order valence-electron chi connectivity index (χ2n) is 7.50. The molecule has 0 amide bonds. The number of nitrogens with one attached hydrogen (secondary N) is 2. The van der Waals surface area contributed by atoms with Crippen LogP contribution in [0.1, 0.15) is 43.2 Å². The van der Waals surface area contributed by atoms with E-state index in [0.717, 1.165) is 61.4 Å². The molecule has 0 saturated carbocycles. The number of hydrogen-bond acceptors (Lipinski definition) is 4. The summed E-state index contributed by atoms with van der Waals surface area (Å²) in [4.78, 5) is 8.97. The van der Waals surface area contributed by atoms with Gasteiger partial charge in [0.25, 0.3) is 0 Å². The van der Waals surface area contributed by atoms with Gasteiger partial charge in [0.1, 0.15) is 11.6 Å². The Labute approximate surface area is 194 Å². The number of aryl methyl sites for hydroxylation is 3. The van der Waals surface area contributed by atoms with Gasteiger partial charge < -0.3 is 19.8 Å². The number of hydrogen-bond donors (Lipinski definition) is 2. The van der Waals surface area contributed by atoms with Crippen molar-refractivity contribution in [3.63, 3.8) is 0 Å². The zero-order chi connectivity index (χ0) is 20.1. The first-order valence-electron chi connectivity index (χ1n) is 10.5. The van der Waals surface area contributed by atoms with Crippen molar-refractivity contribution in [3.05, 3.63) is 41.7 Å². The third kappa shape index (κ3) is 5.11. The van der Waals surface area contributed by atoms with Crippen LogP contribution < -0.4 is 10.6 Å². The molecule has 8 nitrogen and oxygen atoms in total. The Morgan fingerprint density at radius 1 is 1.13 bits per heavy atom. The third-order valence-electron chi connectivity index (χ3n) is 5.52. The van der Waals surface area contributed by atoms with E-state index in [0.29, 0.717) is 6.54 Å². The largest absolute Gasteiger partial charge is 0.356 e. The normalized spacial score (nSPS) is 14.1. The zero-order valence-corrected chi connectivity index (χ0v) is 20.1. The van der Waals surface area contributed by atoms with Crippen molar-refractivity contribution in [2.75, 3.05) is 13.6 Å². The van der Waals surface area contributed by atoms with Gasteiger partial charge in [-0.1, -0.05) is 18.6 Å². The number of aliphatic imine (C=N–C) groups is 1. The fraction of sp³-hybridized carbons (Fsp3) is 0.524. The highest BCUT2D eigenvalue weighted by atomic mass is 127. The monoisotopic (exact) mass is 522 g/mol. The molecule has 0 bridgehead atoms. The van der Waals surface area contributed by atoms with Gasteiger partial charge in [-0.15, -0.1) is 34.2 Å². The fourth-order valence-electron chi connectivity index (χ4n) is 3.98. The van der Waals surface area contributed by atoms with Crippen molar-refractivity contribution >= 4 is 41.0 Å². The number of aromatic nitrogens is 5. The van der Waals surface area contributed by atoms with E-state index < -0.39 is 0 Å². The average Bonchev–Trinajstić information content (AvgIpc) is 3.17. The van der Waals surface area contributed by atoms with E-state index in [1.807, 2.05) is 6.07 Å². The highest BCUT2D eigenvalue weighted by molar-refractivity contribution is 14.0. The predicted octanol–water partition coefficient (Wildman–Crippen LogP) is 3.04. The van der Waals surface area contributed by atoms with Gasteiger partial charge in [-0.25, -0.2) is 4.98 Å². The molecule has 4 rings (SSSR count). The zero-order valence-electron chi connectivity index (χ0n) is 17.8. The van der Waals surface area contributed by atoms with E-state index in [2.05, 4.69) is 65.1 Å². The first-order valence-corrected chi connectivity index (χ1v) is 10.5. The van der Waals surface area contributed by atoms with Gasteiger partial charge in [-0.2, -0.15) is 0 Å². The van der Waals surface area contributed by atoms with E-state index >= 15 is 0 Å². The molecule has 0 atom stereocenters. The topological polar surface area (TPSA) is 84.9 Å². The molecule has 0 saturated heterocycles. The van der Waals surface area contributed by atoms with Crippen LogP contribution in [0, 0.1) is 6.92 Å². The van der Waals surface area contributed by atoms with Crippen LogP contribution >= 0.6 is 24.0 Å². The number of fused-ring (bicyclic) bond motifs is 2. The standard InChI is InChI=1S/C21H30N8.HI/c1-16-25-17-9-5-6-10-18(17)28(16)14-8-12-23-21(22-2)24-15-20-27-26-19-11-4-3-7-13-29(19)20;/h5-6,9-10H,3-4,7-8,11-15H2,1-2H3,(H2,22,23,24);1H. The van der Waals surface area contributed by atoms with Crippen LogP contribution in [0.25, 0.3) is 11.0 Å². The maximum absolute atomic E-state index is 4.63. The first kappa shape index (κ1) is 22.5. The van der Waals surface area contributed by atoms with Crippen LogP contribution in [0.15, 0.2) is 29.3 Å². The lowest BCUT2D eigenvalue weighted by atomic mass is 10.2. The summed E-state index contributed by atoms with van der Waals surface area (Å²) in [5.74, 6) is 3.96. The van der Waals surface area contributed by atoms with E-state index in [1.54, 1.807) is 7.05 Å². The SMILES string of the molecule is CN=C(NCCCn1c(C)nc2ccccc21)NCc1nnc2n1CCCCC2.I. The Hall–Kier alpha value is -2.17. The minimum absolute atomic E-state index is 0. The molecule has 1 aliphatic heterocycles. The highest BCUT2D eigenvalue weighted by Crippen LogP contribution is 2.16. The van der Waals surface area contributed by atoms with Gasteiger partial charge >= 0.3 is 0 Å². The first-order chi connectivity index (χ1) is 14.3. The predicted molar refractivity (Wildman–Crippen MR) is 130 cm³/mol. The lowest BCUT2D eigenvalue weighted by Gasteiger charge is -2.13. The Bertz CT molecular complexity index is 990. The van der Waals surface area contributed by atoms with Crippen LogP contribution in [0.3, 0.4) is 0 Å². The van der Waals surface area contributed by atoms with Crippen LogP contribution in [0.4, 0.5) is 0 Å². The van der Waals surface area contributed by atoms with Crippen molar-refractivity contribution < 1.29 is 0 Å². The summed E-state index contributed by atoms with van der Waals surface area (Å²) < 4.78 is 4.54. The number of para-hydroxylation sites is 2. The summed E-state index contributed by atoms with van der Waals surface area (Å²) in [5.41, 5.74) is 2.25. The smallest absolute Gasteiger partial charge is 0.191 e. The number of rotatable bonds is 6. The van der Waals surface area contributed by atoms with Gasteiger partial charge in [0.2, 0.25) is 0 Å². The molecule has 1 aromatic carbocycles. The molecular formula is C21H31IN8. The Kier molecular flexibility index (Phi) is 8.06. The summed E-state index contributed by atoms with van der Waals surface area (Å²) in [6.07, 6.45) is 5.70. The number of imidazole rings is 1. The highest BCUT2D eigenvalue weighted by Gasteiger charge is 2.14. The molecule has 0 unspecified atom stereocenters. The van der Waals surface area contributed by atoms with Crippen LogP contribution in [0.5, 0.6) is 0 Å². The average molecular weight is 522 g/mol. The minimum atomic E-state index is 0. The summed E-state index contributed by atoms with van der Waals surface area (Å²) in [6.45, 7) is 5.48. The second kappa shape index (κ2) is 10.7. The molecule has 1 aliphatic rings. The molecule has 30 heavy (non-hydrogen) atoms.